The topological polar surface area (TPSA) is 18.5 Å². The van der Waals surface area contributed by atoms with Crippen molar-refractivity contribution in [2.24, 2.45) is 0 Å². The zero-order valence-corrected chi connectivity index (χ0v) is 41.7. The fourth-order valence-electron chi connectivity index (χ4n) is 10.3. The quantitative estimate of drug-likeness (QED) is 0.156. The van der Waals surface area contributed by atoms with Crippen LogP contribution in [0.4, 0.5) is 0 Å². The van der Waals surface area contributed by atoms with E-state index in [1.165, 1.54) is 77.9 Å². The number of benzene rings is 4. The van der Waals surface area contributed by atoms with Gasteiger partial charge in [-0.25, -0.2) is 0 Å². The van der Waals surface area contributed by atoms with Crippen LogP contribution >= 0.6 is 0 Å². The molecule has 4 aromatic rings. The molecule has 0 bridgehead atoms. The zero-order chi connectivity index (χ0) is 41.5. The van der Waals surface area contributed by atoms with E-state index in [9.17, 15) is 0 Å². The Kier molecular flexibility index (Phi) is 11.2. The fourth-order valence-corrected chi connectivity index (χ4v) is 46.4. The monoisotopic (exact) mass is 845 g/mol. The van der Waals surface area contributed by atoms with E-state index in [1.807, 2.05) is 0 Å². The van der Waals surface area contributed by atoms with Crippen LogP contribution in [0.2, 0.25) is 13.1 Å². The normalized spacial score (nSPS) is 17.8. The summed E-state index contributed by atoms with van der Waals surface area (Å²) < 4.78 is 17.5. The average molecular weight is 847 g/mol. The first-order valence-electron chi connectivity index (χ1n) is 21.3. The van der Waals surface area contributed by atoms with Gasteiger partial charge in [-0.05, 0) is 0 Å². The van der Waals surface area contributed by atoms with Crippen molar-refractivity contribution in [2.45, 2.75) is 154 Å². The van der Waals surface area contributed by atoms with Gasteiger partial charge in [0.2, 0.25) is 0 Å². The number of aryl methyl sites for hydroxylation is 4. The van der Waals surface area contributed by atoms with Crippen molar-refractivity contribution in [3.05, 3.63) is 139 Å². The summed E-state index contributed by atoms with van der Waals surface area (Å²) in [5.74, 6) is 0.822. The van der Waals surface area contributed by atoms with Crippen LogP contribution in [0.25, 0.3) is 12.2 Å². The van der Waals surface area contributed by atoms with E-state index in [0.717, 1.165) is 11.5 Å². The molecule has 0 saturated carbocycles. The standard InChI is InChI=1S/2C14H17.2C11H16O.C2H7Si.Zr/c2*1-9(2)12-7-11(4)14-6-10(3)5-13(14)8-12;2*1-8-5-6-10(12)9(7-8)11(2,3)4;1-3-2;/h2*5-9H,1-4H3;2*5-7,12H,1-4H3;3H,1-2H3;/q;;;;;+2/p-2. The Morgan fingerprint density at radius 1 is 0.536 bits per heavy atom. The van der Waals surface area contributed by atoms with Crippen LogP contribution in [-0.4, -0.2) is 5.92 Å². The Balaban J connectivity index is 1.90. The Labute approximate surface area is 344 Å². The van der Waals surface area contributed by atoms with E-state index in [0.29, 0.717) is 11.8 Å². The van der Waals surface area contributed by atoms with Gasteiger partial charge < -0.3 is 0 Å². The minimum atomic E-state index is -5.66. The molecule has 0 aliphatic heterocycles. The van der Waals surface area contributed by atoms with Crippen LogP contribution in [0.3, 0.4) is 0 Å². The molecule has 0 amide bonds. The number of allylic oxidation sites excluding steroid dienone is 2. The van der Waals surface area contributed by atoms with Crippen molar-refractivity contribution in [2.75, 3.05) is 0 Å². The maximum absolute atomic E-state index is 8.74. The Hall–Kier alpha value is -2.94. The van der Waals surface area contributed by atoms with Gasteiger partial charge in [0.05, 0.1) is 0 Å². The van der Waals surface area contributed by atoms with Crippen LogP contribution < -0.4 is 5.63 Å². The molecule has 6 rings (SSSR count). The Morgan fingerprint density at radius 3 is 1.20 bits per heavy atom. The van der Waals surface area contributed by atoms with Crippen molar-refractivity contribution in [1.29, 1.82) is 0 Å². The summed E-state index contributed by atoms with van der Waals surface area (Å²) in [7, 11) is 0. The molecule has 2 unspecified atom stereocenters. The molecule has 299 valence electrons. The molecule has 0 heterocycles. The summed E-state index contributed by atoms with van der Waals surface area (Å²) >= 11 is -5.66. The minimum absolute atomic E-state index is 0.0149. The molecule has 2 atom stereocenters. The molecule has 0 spiro atoms. The van der Waals surface area contributed by atoms with Crippen molar-refractivity contribution < 1.29 is 24.4 Å². The van der Waals surface area contributed by atoms with Crippen molar-refractivity contribution >= 4 is 18.1 Å². The van der Waals surface area contributed by atoms with Gasteiger partial charge >= 0.3 is 346 Å². The van der Waals surface area contributed by atoms with Gasteiger partial charge in [-0.2, -0.15) is 0 Å². The predicted molar refractivity (Wildman–Crippen MR) is 243 cm³/mol. The molecule has 56 heavy (non-hydrogen) atoms. The molecule has 2 nitrogen and oxygen atoms in total. The van der Waals surface area contributed by atoms with Gasteiger partial charge in [-0.3, -0.25) is 0 Å². The molecule has 0 saturated heterocycles. The molecule has 0 aromatic heterocycles. The summed E-state index contributed by atoms with van der Waals surface area (Å²) in [5, 5.41) is 0. The van der Waals surface area contributed by atoms with E-state index in [2.05, 4.69) is 197 Å². The van der Waals surface area contributed by atoms with E-state index in [1.54, 1.807) is 0 Å². The second kappa shape index (κ2) is 14.7. The first kappa shape index (κ1) is 42.7. The summed E-state index contributed by atoms with van der Waals surface area (Å²) in [6.45, 7) is 42.4. The van der Waals surface area contributed by atoms with Gasteiger partial charge in [0.15, 0.2) is 0 Å². The van der Waals surface area contributed by atoms with Crippen LogP contribution in [0.5, 0.6) is 11.5 Å². The van der Waals surface area contributed by atoms with Gasteiger partial charge in [-0.1, -0.05) is 0 Å². The molecular weight excluding hydrogens is 776 g/mol. The number of hydrogen-bond donors (Lipinski definition) is 0. The zero-order valence-electron chi connectivity index (χ0n) is 38.1. The third-order valence-corrected chi connectivity index (χ3v) is 50.3. The second-order valence-electron chi connectivity index (χ2n) is 20.8. The van der Waals surface area contributed by atoms with Crippen LogP contribution in [0, 0.1) is 27.7 Å². The number of fused-ring (bicyclic) bond motifs is 2. The summed E-state index contributed by atoms with van der Waals surface area (Å²) in [4.78, 5) is 0. The van der Waals surface area contributed by atoms with E-state index in [4.69, 9.17) is 5.63 Å². The SMILES string of the molecule is CC1=Cc2c(C)cc(C(C)C)cc2[CH]1[Zr]([O]c1ccc(C)cc1C(C)(C)C)([O]c1ccc(C)cc1C(C)(C)C)([CH]1C(C)=Cc2c(C)cc(C(C)C)cc21)[SiH](C)C. The third-order valence-electron chi connectivity index (χ3n) is 13.3. The van der Waals surface area contributed by atoms with Gasteiger partial charge in [-0.15, -0.1) is 0 Å². The van der Waals surface area contributed by atoms with Gasteiger partial charge in [0.25, 0.3) is 0 Å². The summed E-state index contributed by atoms with van der Waals surface area (Å²) in [6, 6.07) is 23.9. The van der Waals surface area contributed by atoms with Gasteiger partial charge in [0, 0.05) is 0 Å². The fraction of sp³-hybridized carbons (Fsp3) is 0.462. The maximum atomic E-state index is 8.74. The summed E-state index contributed by atoms with van der Waals surface area (Å²) in [6.07, 6.45) is 5.03. The van der Waals surface area contributed by atoms with Crippen molar-refractivity contribution in [1.82, 2.24) is 0 Å². The van der Waals surface area contributed by atoms with Crippen molar-refractivity contribution in [3.63, 3.8) is 0 Å². The molecule has 4 heteroatoms. The number of rotatable bonds is 9. The first-order valence-corrected chi connectivity index (χ1v) is 33.3. The molecule has 0 fully saturated rings. The van der Waals surface area contributed by atoms with Crippen LogP contribution in [0.1, 0.15) is 169 Å². The van der Waals surface area contributed by atoms with E-state index >= 15 is 0 Å². The van der Waals surface area contributed by atoms with E-state index in [-0.39, 0.29) is 18.1 Å². The average Bonchev–Trinajstić information content (AvgIpc) is 3.62. The molecule has 0 N–H and O–H groups in total. The molecule has 2 aliphatic carbocycles. The van der Waals surface area contributed by atoms with Crippen LogP contribution in [0.15, 0.2) is 71.8 Å². The molecule has 2 aliphatic rings. The molecular formula is C52H71O2SiZr. The Bertz CT molecular complexity index is 2100. The first-order chi connectivity index (χ1) is 25.9. The summed E-state index contributed by atoms with van der Waals surface area (Å²) in [5.41, 5.74) is 18.6. The molecule has 4 aromatic carbocycles. The predicted octanol–water partition coefficient (Wildman–Crippen LogP) is 15.0. The van der Waals surface area contributed by atoms with Gasteiger partial charge in [0.1, 0.15) is 0 Å². The van der Waals surface area contributed by atoms with Crippen LogP contribution in [-0.2, 0) is 29.7 Å². The number of hydrogen-bond acceptors (Lipinski definition) is 2. The van der Waals surface area contributed by atoms with E-state index < -0.39 is 24.7 Å². The molecule has 0 radical (unpaired) electrons. The third kappa shape index (κ3) is 7.01. The second-order valence-corrected chi connectivity index (χ2v) is 48.5. The Morgan fingerprint density at radius 2 is 0.893 bits per heavy atom. The van der Waals surface area contributed by atoms with Crippen molar-refractivity contribution in [3.8, 4) is 11.5 Å².